The average Bonchev–Trinajstić information content (AvgIpc) is 2.14. The summed E-state index contributed by atoms with van der Waals surface area (Å²) in [6.07, 6.45) is 1.18. The van der Waals surface area contributed by atoms with E-state index in [1.54, 1.807) is 0 Å². The Balaban J connectivity index is 3.70. The highest BCUT2D eigenvalue weighted by atomic mass is 16.5. The summed E-state index contributed by atoms with van der Waals surface area (Å²) < 4.78 is 4.96. The van der Waals surface area contributed by atoms with Gasteiger partial charge in [0.25, 0.3) is 0 Å². The third kappa shape index (κ3) is 9.41. The second-order valence-electron chi connectivity index (χ2n) is 3.82. The van der Waals surface area contributed by atoms with E-state index in [0.29, 0.717) is 13.0 Å². The van der Waals surface area contributed by atoms with Crippen LogP contribution < -0.4 is 0 Å². The number of hydrogen-bond acceptors (Lipinski definition) is 4. The maximum atomic E-state index is 11.2. The Labute approximate surface area is 92.3 Å². The molecule has 88 valence electrons. The Morgan fingerprint density at radius 1 is 1.40 bits per heavy atom. The Bertz CT molecular complexity index is 213. The Hall–Kier alpha value is -0.900. The van der Waals surface area contributed by atoms with Gasteiger partial charge in [-0.25, -0.2) is 0 Å². The van der Waals surface area contributed by atoms with Crippen LogP contribution in [0.4, 0.5) is 0 Å². The minimum Gasteiger partial charge on any atom is -0.465 e. The van der Waals surface area contributed by atoms with E-state index < -0.39 is 0 Å². The Kier molecular flexibility index (Phi) is 7.91. The van der Waals surface area contributed by atoms with Crippen molar-refractivity contribution in [2.24, 2.45) is 4.99 Å². The van der Waals surface area contributed by atoms with Gasteiger partial charge in [0, 0.05) is 12.3 Å². The molecule has 0 radical (unpaired) electrons. The van der Waals surface area contributed by atoms with Crippen LogP contribution in [0.2, 0.25) is 0 Å². The first-order valence-electron chi connectivity index (χ1n) is 5.36. The van der Waals surface area contributed by atoms with Gasteiger partial charge in [-0.15, -0.1) is 0 Å². The summed E-state index contributed by atoms with van der Waals surface area (Å²) in [6, 6.07) is 0. The van der Waals surface area contributed by atoms with Gasteiger partial charge in [-0.2, -0.15) is 0 Å². The molecule has 0 heterocycles. The van der Waals surface area contributed by atoms with Gasteiger partial charge in [0.2, 0.25) is 0 Å². The van der Waals surface area contributed by atoms with Gasteiger partial charge in [-0.3, -0.25) is 9.79 Å². The molecule has 0 aromatic heterocycles. The third-order valence-electron chi connectivity index (χ3n) is 1.80. The normalized spacial score (nSPS) is 11.9. The Morgan fingerprint density at radius 2 is 2.07 bits per heavy atom. The monoisotopic (exact) mass is 214 g/mol. The summed E-state index contributed by atoms with van der Waals surface area (Å²) in [6.45, 7) is 5.99. The molecule has 0 amide bonds. The number of aliphatic imine (C=N–C) groups is 1. The first-order chi connectivity index (χ1) is 7.06. The lowest BCUT2D eigenvalue weighted by Crippen LogP contribution is -2.16. The van der Waals surface area contributed by atoms with Crippen molar-refractivity contribution in [2.45, 2.75) is 26.7 Å². The number of esters is 1. The number of carbonyl (C=O) groups is 1. The van der Waals surface area contributed by atoms with Gasteiger partial charge in [0.15, 0.2) is 0 Å². The summed E-state index contributed by atoms with van der Waals surface area (Å²) in [5.74, 6) is -0.178. The zero-order chi connectivity index (χ0) is 11.7. The van der Waals surface area contributed by atoms with Crippen molar-refractivity contribution < 1.29 is 9.53 Å². The molecule has 0 rings (SSSR count). The van der Waals surface area contributed by atoms with E-state index in [1.807, 2.05) is 27.9 Å². The fourth-order valence-electron chi connectivity index (χ4n) is 0.973. The summed E-state index contributed by atoms with van der Waals surface area (Å²) in [5.41, 5.74) is 0.845. The van der Waals surface area contributed by atoms with Crippen LogP contribution in [0.25, 0.3) is 0 Å². The van der Waals surface area contributed by atoms with E-state index in [0.717, 1.165) is 25.2 Å². The van der Waals surface area contributed by atoms with Crippen molar-refractivity contribution >= 4 is 11.7 Å². The number of likely N-dealkylation sites (N-methyl/N-ethyl adjacent to an activating group) is 1. The van der Waals surface area contributed by atoms with E-state index in [-0.39, 0.29) is 5.97 Å². The van der Waals surface area contributed by atoms with Crippen LogP contribution in [-0.4, -0.2) is 50.4 Å². The van der Waals surface area contributed by atoms with Crippen molar-refractivity contribution in [3.63, 3.8) is 0 Å². The molecule has 15 heavy (non-hydrogen) atoms. The molecule has 0 fully saturated rings. The number of hydrogen-bond donors (Lipinski definition) is 0. The molecule has 0 aromatic rings. The Morgan fingerprint density at radius 3 is 2.60 bits per heavy atom. The number of ether oxygens (including phenoxy) is 1. The molecule has 0 atom stereocenters. The van der Waals surface area contributed by atoms with Crippen molar-refractivity contribution in [3.05, 3.63) is 0 Å². The van der Waals surface area contributed by atoms with Gasteiger partial charge in [-0.05, 0) is 27.4 Å². The molecular formula is C11H22N2O2. The molecule has 0 aromatic carbocycles. The maximum Gasteiger partial charge on any atom is 0.311 e. The van der Waals surface area contributed by atoms with Gasteiger partial charge in [0.1, 0.15) is 0 Å². The van der Waals surface area contributed by atoms with Gasteiger partial charge >= 0.3 is 5.97 Å². The van der Waals surface area contributed by atoms with Crippen LogP contribution >= 0.6 is 0 Å². The quantitative estimate of drug-likeness (QED) is 0.474. The predicted octanol–water partition coefficient (Wildman–Crippen LogP) is 1.35. The second-order valence-corrected chi connectivity index (χ2v) is 3.82. The van der Waals surface area contributed by atoms with Crippen LogP contribution in [0.5, 0.6) is 0 Å². The summed E-state index contributed by atoms with van der Waals surface area (Å²) >= 11 is 0. The van der Waals surface area contributed by atoms with E-state index >= 15 is 0 Å². The van der Waals surface area contributed by atoms with Crippen LogP contribution in [-0.2, 0) is 9.53 Å². The first kappa shape index (κ1) is 14.1. The predicted molar refractivity (Wildman–Crippen MR) is 62.4 cm³/mol. The largest absolute Gasteiger partial charge is 0.465 e. The second kappa shape index (κ2) is 8.41. The molecule has 0 aliphatic heterocycles. The lowest BCUT2D eigenvalue weighted by Gasteiger charge is -2.07. The average molecular weight is 214 g/mol. The SMILES string of the molecule is CCCOC(=O)C/C(C)=N/CCN(C)C. The number of rotatable bonds is 7. The molecule has 0 saturated carbocycles. The lowest BCUT2D eigenvalue weighted by molar-refractivity contribution is -0.142. The molecule has 0 aliphatic carbocycles. The fourth-order valence-corrected chi connectivity index (χ4v) is 0.973. The number of nitrogens with zero attached hydrogens (tertiary/aromatic N) is 2. The molecule has 0 unspecified atom stereocenters. The molecular weight excluding hydrogens is 192 g/mol. The standard InChI is InChI=1S/C11H22N2O2/c1-5-8-15-11(14)9-10(2)12-6-7-13(3)4/h5-9H2,1-4H3/b12-10+. The summed E-state index contributed by atoms with van der Waals surface area (Å²) in [7, 11) is 4.00. The van der Waals surface area contributed by atoms with Crippen molar-refractivity contribution in [3.8, 4) is 0 Å². The molecule has 0 aliphatic rings. The van der Waals surface area contributed by atoms with Gasteiger partial charge in [0.05, 0.1) is 19.6 Å². The molecule has 0 bridgehead atoms. The van der Waals surface area contributed by atoms with E-state index in [2.05, 4.69) is 9.89 Å². The molecule has 4 nitrogen and oxygen atoms in total. The van der Waals surface area contributed by atoms with Crippen LogP contribution in [0.3, 0.4) is 0 Å². The van der Waals surface area contributed by atoms with Crippen molar-refractivity contribution in [2.75, 3.05) is 33.8 Å². The lowest BCUT2D eigenvalue weighted by atomic mass is 10.3. The zero-order valence-electron chi connectivity index (χ0n) is 10.2. The molecule has 4 heteroatoms. The highest BCUT2D eigenvalue weighted by Crippen LogP contribution is 1.92. The van der Waals surface area contributed by atoms with Gasteiger partial charge < -0.3 is 9.64 Å². The first-order valence-corrected chi connectivity index (χ1v) is 5.36. The van der Waals surface area contributed by atoms with Crippen molar-refractivity contribution in [1.29, 1.82) is 0 Å². The maximum absolute atomic E-state index is 11.2. The van der Waals surface area contributed by atoms with Crippen LogP contribution in [0.15, 0.2) is 4.99 Å². The third-order valence-corrected chi connectivity index (χ3v) is 1.80. The minimum absolute atomic E-state index is 0.178. The summed E-state index contributed by atoms with van der Waals surface area (Å²) in [5, 5.41) is 0. The van der Waals surface area contributed by atoms with Gasteiger partial charge in [-0.1, -0.05) is 6.92 Å². The molecule has 0 N–H and O–H groups in total. The highest BCUT2D eigenvalue weighted by Gasteiger charge is 2.03. The zero-order valence-corrected chi connectivity index (χ0v) is 10.2. The van der Waals surface area contributed by atoms with E-state index in [9.17, 15) is 4.79 Å². The molecule has 0 spiro atoms. The highest BCUT2D eigenvalue weighted by molar-refractivity contribution is 5.97. The van der Waals surface area contributed by atoms with Crippen molar-refractivity contribution in [1.82, 2.24) is 4.90 Å². The minimum atomic E-state index is -0.178. The fraction of sp³-hybridized carbons (Fsp3) is 0.818. The van der Waals surface area contributed by atoms with E-state index in [1.165, 1.54) is 0 Å². The van der Waals surface area contributed by atoms with E-state index in [4.69, 9.17) is 4.74 Å². The molecule has 0 saturated heterocycles. The van der Waals surface area contributed by atoms with Crippen LogP contribution in [0.1, 0.15) is 26.7 Å². The number of carbonyl (C=O) groups excluding carboxylic acids is 1. The topological polar surface area (TPSA) is 41.9 Å². The van der Waals surface area contributed by atoms with Crippen LogP contribution in [0, 0.1) is 0 Å². The smallest absolute Gasteiger partial charge is 0.311 e. The summed E-state index contributed by atoms with van der Waals surface area (Å²) in [4.78, 5) is 17.5.